The van der Waals surface area contributed by atoms with Gasteiger partial charge in [-0.2, -0.15) is 5.10 Å². The Balaban J connectivity index is 0.000000199. The molecule has 5 heteroatoms. The van der Waals surface area contributed by atoms with Crippen molar-refractivity contribution in [3.05, 3.63) is 60.3 Å². The van der Waals surface area contributed by atoms with Gasteiger partial charge in [-0.3, -0.25) is 4.98 Å². The van der Waals surface area contributed by atoms with Gasteiger partial charge in [0.1, 0.15) is 0 Å². The van der Waals surface area contributed by atoms with Crippen LogP contribution in [-0.4, -0.2) is 19.8 Å². The predicted molar refractivity (Wildman–Crippen MR) is 99.2 cm³/mol. The summed E-state index contributed by atoms with van der Waals surface area (Å²) in [6.07, 6.45) is 5.34. The minimum Gasteiger partial charge on any atom is -0.354 e. The van der Waals surface area contributed by atoms with Gasteiger partial charge in [-0.05, 0) is 38.1 Å². The Morgan fingerprint density at radius 3 is 2.42 bits per heavy atom. The van der Waals surface area contributed by atoms with Crippen molar-refractivity contribution in [2.45, 2.75) is 41.5 Å². The van der Waals surface area contributed by atoms with Crippen LogP contribution in [0.5, 0.6) is 0 Å². The van der Waals surface area contributed by atoms with E-state index in [0.717, 1.165) is 27.9 Å². The van der Waals surface area contributed by atoms with Crippen molar-refractivity contribution in [1.29, 1.82) is 0 Å². The van der Waals surface area contributed by atoms with Crippen LogP contribution < -0.4 is 0 Å². The van der Waals surface area contributed by atoms with Crippen LogP contribution in [0, 0.1) is 13.8 Å². The van der Waals surface area contributed by atoms with Crippen molar-refractivity contribution in [2.75, 3.05) is 0 Å². The highest BCUT2D eigenvalue weighted by molar-refractivity contribution is 5.77. The second-order valence-electron chi connectivity index (χ2n) is 4.50. The molecule has 0 N–H and O–H groups in total. The molecule has 0 aliphatic heterocycles. The summed E-state index contributed by atoms with van der Waals surface area (Å²) < 4.78 is 6.81. The topological polar surface area (TPSA) is 56.2 Å². The number of nitrogens with zero attached hydrogens (tertiary/aromatic N) is 4. The van der Waals surface area contributed by atoms with Crippen molar-refractivity contribution >= 4 is 16.5 Å². The number of hydrogen-bond donors (Lipinski definition) is 0. The van der Waals surface area contributed by atoms with Gasteiger partial charge in [0.25, 0.3) is 0 Å². The average molecular weight is 326 g/mol. The molecule has 0 spiro atoms. The molecule has 0 fully saturated rings. The molecule has 5 nitrogen and oxygen atoms in total. The monoisotopic (exact) mass is 326 g/mol. The lowest BCUT2D eigenvalue weighted by atomic mass is 10.3. The van der Waals surface area contributed by atoms with Crippen LogP contribution in [-0.2, 0) is 0 Å². The average Bonchev–Trinajstić information content (AvgIpc) is 3.21. The highest BCUT2D eigenvalue weighted by Crippen LogP contribution is 2.14. The molecular formula is C19H26N4O. The zero-order valence-corrected chi connectivity index (χ0v) is 15.3. The van der Waals surface area contributed by atoms with Gasteiger partial charge in [-0.15, -0.1) is 0 Å². The number of fused-ring (bicyclic) bond motifs is 2. The number of aromatic nitrogens is 4. The van der Waals surface area contributed by atoms with Crippen molar-refractivity contribution in [3.8, 4) is 0 Å². The Labute approximate surface area is 143 Å². The van der Waals surface area contributed by atoms with Crippen LogP contribution in [0.4, 0.5) is 0 Å². The molecule has 24 heavy (non-hydrogen) atoms. The van der Waals surface area contributed by atoms with E-state index in [9.17, 15) is 0 Å². The molecule has 4 aromatic heterocycles. The molecule has 128 valence electrons. The number of hydrogen-bond acceptors (Lipinski definition) is 4. The molecule has 4 aromatic rings. The fraction of sp³-hybridized carbons (Fsp3) is 0.316. The fourth-order valence-electron chi connectivity index (χ4n) is 1.98. The smallest absolute Gasteiger partial charge is 0.185 e. The first-order chi connectivity index (χ1) is 11.7. The van der Waals surface area contributed by atoms with Crippen molar-refractivity contribution in [2.24, 2.45) is 0 Å². The zero-order chi connectivity index (χ0) is 17.9. The van der Waals surface area contributed by atoms with Gasteiger partial charge >= 0.3 is 0 Å². The molecule has 0 unspecified atom stereocenters. The standard InChI is InChI=1S/C8H8N2.C7H6N2O.2C2H6/c1-7-6-8-4-2-3-5-10(8)9-7;1-5-6-2-3-8-4-7(6)10-9-5;2*1-2/h2-6H,1H3;2-4H,1H3;2*1-2H3. The van der Waals surface area contributed by atoms with Crippen LogP contribution >= 0.6 is 0 Å². The van der Waals surface area contributed by atoms with Crippen LogP contribution in [0.15, 0.2) is 53.4 Å². The fourth-order valence-corrected chi connectivity index (χ4v) is 1.98. The highest BCUT2D eigenvalue weighted by atomic mass is 16.5. The number of rotatable bonds is 0. The molecule has 0 aliphatic carbocycles. The Morgan fingerprint density at radius 1 is 1.00 bits per heavy atom. The third kappa shape index (κ3) is 4.91. The van der Waals surface area contributed by atoms with Gasteiger partial charge < -0.3 is 4.52 Å². The van der Waals surface area contributed by atoms with Crippen molar-refractivity contribution in [3.63, 3.8) is 0 Å². The minimum atomic E-state index is 0.750. The van der Waals surface area contributed by atoms with E-state index >= 15 is 0 Å². The first kappa shape index (κ1) is 19.4. The van der Waals surface area contributed by atoms with E-state index in [2.05, 4.69) is 21.3 Å². The molecule has 0 aromatic carbocycles. The van der Waals surface area contributed by atoms with E-state index in [4.69, 9.17) is 4.52 Å². The van der Waals surface area contributed by atoms with Crippen molar-refractivity contribution in [1.82, 2.24) is 19.8 Å². The van der Waals surface area contributed by atoms with Crippen LogP contribution in [0.25, 0.3) is 16.5 Å². The van der Waals surface area contributed by atoms with Gasteiger partial charge in [-0.1, -0.05) is 38.9 Å². The lowest BCUT2D eigenvalue weighted by Gasteiger charge is -1.86. The van der Waals surface area contributed by atoms with Gasteiger partial charge in [0, 0.05) is 17.8 Å². The molecule has 0 amide bonds. The van der Waals surface area contributed by atoms with E-state index in [1.54, 1.807) is 12.4 Å². The summed E-state index contributed by atoms with van der Waals surface area (Å²) in [7, 11) is 0. The van der Waals surface area contributed by atoms with Gasteiger partial charge in [-0.25, -0.2) is 4.52 Å². The Morgan fingerprint density at radius 2 is 1.75 bits per heavy atom. The molecule has 0 radical (unpaired) electrons. The summed E-state index contributed by atoms with van der Waals surface area (Å²) in [5, 5.41) is 9.05. The number of aryl methyl sites for hydroxylation is 2. The third-order valence-electron chi connectivity index (χ3n) is 2.95. The van der Waals surface area contributed by atoms with E-state index in [1.165, 1.54) is 0 Å². The van der Waals surface area contributed by atoms with E-state index in [-0.39, 0.29) is 0 Å². The zero-order valence-electron chi connectivity index (χ0n) is 15.3. The summed E-state index contributed by atoms with van der Waals surface area (Å²) in [6.45, 7) is 11.9. The Hall–Kier alpha value is -2.69. The Kier molecular flexibility index (Phi) is 8.19. The lowest BCUT2D eigenvalue weighted by molar-refractivity contribution is 0.449. The van der Waals surface area contributed by atoms with E-state index < -0.39 is 0 Å². The maximum absolute atomic E-state index is 4.94. The quantitative estimate of drug-likeness (QED) is 0.444. The maximum Gasteiger partial charge on any atom is 0.185 e. The SMILES string of the molecule is CC.CC.Cc1cc2ccccn2n1.Cc1noc2cnccc12. The molecule has 0 aliphatic rings. The second-order valence-corrected chi connectivity index (χ2v) is 4.50. The van der Waals surface area contributed by atoms with Crippen LogP contribution in [0.1, 0.15) is 39.1 Å². The summed E-state index contributed by atoms with van der Waals surface area (Å²) in [4.78, 5) is 3.89. The van der Waals surface area contributed by atoms with Crippen LogP contribution in [0.2, 0.25) is 0 Å². The predicted octanol–water partition coefficient (Wildman–Crippen LogP) is 5.23. The largest absolute Gasteiger partial charge is 0.354 e. The molecule has 0 saturated carbocycles. The normalized spacial score (nSPS) is 9.25. The first-order valence-corrected chi connectivity index (χ1v) is 8.31. The van der Waals surface area contributed by atoms with E-state index in [0.29, 0.717) is 0 Å². The molecule has 0 atom stereocenters. The molecule has 4 rings (SSSR count). The molecule has 0 bridgehead atoms. The third-order valence-corrected chi connectivity index (χ3v) is 2.95. The lowest BCUT2D eigenvalue weighted by Crippen LogP contribution is -1.83. The maximum atomic E-state index is 4.94. The summed E-state index contributed by atoms with van der Waals surface area (Å²) >= 11 is 0. The minimum absolute atomic E-state index is 0.750. The number of pyridine rings is 2. The Bertz CT molecular complexity index is 807. The molecular weight excluding hydrogens is 300 g/mol. The van der Waals surface area contributed by atoms with E-state index in [1.807, 2.05) is 76.5 Å². The van der Waals surface area contributed by atoms with Gasteiger partial charge in [0.2, 0.25) is 0 Å². The summed E-state index contributed by atoms with van der Waals surface area (Å²) in [5.74, 6) is 0. The molecule has 0 saturated heterocycles. The first-order valence-electron chi connectivity index (χ1n) is 8.31. The van der Waals surface area contributed by atoms with Gasteiger partial charge in [0.05, 0.1) is 23.1 Å². The molecule has 4 heterocycles. The van der Waals surface area contributed by atoms with Crippen molar-refractivity contribution < 1.29 is 4.52 Å². The highest BCUT2D eigenvalue weighted by Gasteiger charge is 2.00. The van der Waals surface area contributed by atoms with Gasteiger partial charge in [0.15, 0.2) is 5.58 Å². The van der Waals surface area contributed by atoms with Crippen LogP contribution in [0.3, 0.4) is 0 Å². The summed E-state index contributed by atoms with van der Waals surface area (Å²) in [6, 6.07) is 9.97. The second kappa shape index (κ2) is 10.2. The summed E-state index contributed by atoms with van der Waals surface area (Å²) in [5.41, 5.74) is 3.88.